The number of rotatable bonds is 5. The van der Waals surface area contributed by atoms with Crippen LogP contribution in [0.1, 0.15) is 10.4 Å². The second-order valence-electron chi connectivity index (χ2n) is 5.54. The highest BCUT2D eigenvalue weighted by molar-refractivity contribution is 7.10. The Morgan fingerprint density at radius 3 is 3.04 bits per heavy atom. The van der Waals surface area contributed by atoms with Gasteiger partial charge in [0, 0.05) is 49.9 Å². The Morgan fingerprint density at radius 2 is 2.26 bits per heavy atom. The molecule has 3 heterocycles. The Kier molecular flexibility index (Phi) is 5.25. The molecule has 0 aliphatic carbocycles. The summed E-state index contributed by atoms with van der Waals surface area (Å²) in [7, 11) is 1.70. The number of pyridine rings is 1. The van der Waals surface area contributed by atoms with Gasteiger partial charge in [-0.05, 0) is 17.5 Å². The molecular formula is C17H21N3O2S. The van der Waals surface area contributed by atoms with Gasteiger partial charge in [-0.15, -0.1) is 11.3 Å². The van der Waals surface area contributed by atoms with Gasteiger partial charge < -0.3 is 14.5 Å². The largest absolute Gasteiger partial charge is 0.383 e. The van der Waals surface area contributed by atoms with Crippen LogP contribution in [0.25, 0.3) is 0 Å². The Balaban J connectivity index is 1.75. The van der Waals surface area contributed by atoms with Crippen LogP contribution in [0.2, 0.25) is 0 Å². The van der Waals surface area contributed by atoms with Crippen molar-refractivity contribution in [3.63, 3.8) is 0 Å². The van der Waals surface area contributed by atoms with Crippen LogP contribution >= 0.6 is 11.3 Å². The summed E-state index contributed by atoms with van der Waals surface area (Å²) in [5, 5.41) is 2.01. The molecule has 1 amide bonds. The third-order valence-corrected chi connectivity index (χ3v) is 4.87. The van der Waals surface area contributed by atoms with Gasteiger partial charge in [0.1, 0.15) is 5.82 Å². The molecule has 6 heteroatoms. The minimum atomic E-state index is 0.177. The molecule has 122 valence electrons. The quantitative estimate of drug-likeness (QED) is 0.842. The maximum Gasteiger partial charge on any atom is 0.228 e. The van der Waals surface area contributed by atoms with Gasteiger partial charge in [0.25, 0.3) is 0 Å². The van der Waals surface area contributed by atoms with Crippen LogP contribution in [0, 0.1) is 0 Å². The van der Waals surface area contributed by atoms with Crippen LogP contribution in [0.4, 0.5) is 5.82 Å². The summed E-state index contributed by atoms with van der Waals surface area (Å²) in [6, 6.07) is 7.99. The van der Waals surface area contributed by atoms with Crippen LogP contribution in [0.3, 0.4) is 0 Å². The van der Waals surface area contributed by atoms with E-state index in [1.54, 1.807) is 18.4 Å². The molecule has 0 N–H and O–H groups in total. The second kappa shape index (κ2) is 7.57. The molecule has 3 rings (SSSR count). The van der Waals surface area contributed by atoms with Crippen molar-refractivity contribution < 1.29 is 9.53 Å². The lowest BCUT2D eigenvalue weighted by Crippen LogP contribution is -2.37. The van der Waals surface area contributed by atoms with Crippen LogP contribution in [-0.4, -0.2) is 49.1 Å². The topological polar surface area (TPSA) is 45.7 Å². The molecule has 0 spiro atoms. The lowest BCUT2D eigenvalue weighted by molar-refractivity contribution is -0.130. The zero-order valence-electron chi connectivity index (χ0n) is 13.3. The molecule has 5 nitrogen and oxygen atoms in total. The lowest BCUT2D eigenvalue weighted by Gasteiger charge is -2.23. The number of hydrogen-bond acceptors (Lipinski definition) is 5. The number of ether oxygens (including phenoxy) is 1. The smallest absolute Gasteiger partial charge is 0.228 e. The van der Waals surface area contributed by atoms with Gasteiger partial charge in [0.15, 0.2) is 0 Å². The van der Waals surface area contributed by atoms with Crippen molar-refractivity contribution in [3.8, 4) is 0 Å². The highest BCUT2D eigenvalue weighted by Crippen LogP contribution is 2.23. The van der Waals surface area contributed by atoms with Crippen molar-refractivity contribution in [2.45, 2.75) is 13.0 Å². The van der Waals surface area contributed by atoms with E-state index in [2.05, 4.69) is 16.0 Å². The van der Waals surface area contributed by atoms with Gasteiger partial charge in [-0.3, -0.25) is 4.79 Å². The maximum atomic E-state index is 12.6. The molecule has 1 aliphatic rings. The van der Waals surface area contributed by atoms with Gasteiger partial charge in [-0.25, -0.2) is 4.98 Å². The van der Waals surface area contributed by atoms with E-state index in [1.165, 1.54) is 0 Å². The van der Waals surface area contributed by atoms with Gasteiger partial charge in [0.05, 0.1) is 13.0 Å². The second-order valence-corrected chi connectivity index (χ2v) is 6.57. The number of methoxy groups -OCH3 is 1. The zero-order chi connectivity index (χ0) is 16.1. The fraction of sp³-hybridized carbons (Fsp3) is 0.412. The SMILES string of the molecule is COCCN1CCN(C(=O)Cc2cccs2)Cc2cccnc21. The predicted octanol–water partition coefficient (Wildman–Crippen LogP) is 2.18. The van der Waals surface area contributed by atoms with E-state index in [0.717, 1.165) is 29.3 Å². The first-order valence-corrected chi connectivity index (χ1v) is 8.64. The summed E-state index contributed by atoms with van der Waals surface area (Å²) in [6.45, 7) is 3.55. The first kappa shape index (κ1) is 16.0. The molecule has 0 radical (unpaired) electrons. The Hall–Kier alpha value is -1.92. The summed E-state index contributed by atoms with van der Waals surface area (Å²) < 4.78 is 5.20. The average Bonchev–Trinajstić information content (AvgIpc) is 3.00. The first-order chi connectivity index (χ1) is 11.3. The summed E-state index contributed by atoms with van der Waals surface area (Å²) in [5.74, 6) is 1.15. The number of aromatic nitrogens is 1. The summed E-state index contributed by atoms with van der Waals surface area (Å²) in [6.07, 6.45) is 2.28. The van der Waals surface area contributed by atoms with Crippen molar-refractivity contribution in [3.05, 3.63) is 46.3 Å². The van der Waals surface area contributed by atoms with E-state index < -0.39 is 0 Å². The number of fused-ring (bicyclic) bond motifs is 1. The van der Waals surface area contributed by atoms with Crippen LogP contribution in [0.5, 0.6) is 0 Å². The Morgan fingerprint density at radius 1 is 1.35 bits per heavy atom. The molecule has 0 aromatic carbocycles. The predicted molar refractivity (Wildman–Crippen MR) is 91.8 cm³/mol. The number of carbonyl (C=O) groups is 1. The summed E-state index contributed by atoms with van der Waals surface area (Å²) in [4.78, 5) is 22.4. The molecular weight excluding hydrogens is 310 g/mol. The summed E-state index contributed by atoms with van der Waals surface area (Å²) in [5.41, 5.74) is 1.10. The Bertz CT molecular complexity index is 645. The molecule has 0 saturated heterocycles. The minimum Gasteiger partial charge on any atom is -0.383 e. The van der Waals surface area contributed by atoms with Crippen LogP contribution in [-0.2, 0) is 22.5 Å². The molecule has 0 fully saturated rings. The average molecular weight is 331 g/mol. The molecule has 0 atom stereocenters. The van der Waals surface area contributed by atoms with E-state index in [4.69, 9.17) is 4.74 Å². The van der Waals surface area contributed by atoms with E-state index in [0.29, 0.717) is 26.1 Å². The van der Waals surface area contributed by atoms with Crippen molar-refractivity contribution in [2.75, 3.05) is 38.3 Å². The molecule has 1 aliphatic heterocycles. The Labute approximate surface area is 140 Å². The van der Waals surface area contributed by atoms with Crippen molar-refractivity contribution >= 4 is 23.1 Å². The molecule has 2 aromatic heterocycles. The highest BCUT2D eigenvalue weighted by atomic mass is 32.1. The van der Waals surface area contributed by atoms with Crippen LogP contribution in [0.15, 0.2) is 35.8 Å². The van der Waals surface area contributed by atoms with Crippen molar-refractivity contribution in [2.24, 2.45) is 0 Å². The van der Waals surface area contributed by atoms with Crippen LogP contribution < -0.4 is 4.90 Å². The number of carbonyl (C=O) groups excluding carboxylic acids is 1. The fourth-order valence-electron chi connectivity index (χ4n) is 2.78. The molecule has 0 unspecified atom stereocenters. The monoisotopic (exact) mass is 331 g/mol. The van der Waals surface area contributed by atoms with Gasteiger partial charge in [0.2, 0.25) is 5.91 Å². The van der Waals surface area contributed by atoms with E-state index in [1.807, 2.05) is 34.7 Å². The van der Waals surface area contributed by atoms with Crippen molar-refractivity contribution in [1.82, 2.24) is 9.88 Å². The van der Waals surface area contributed by atoms with Crippen molar-refractivity contribution in [1.29, 1.82) is 0 Å². The van der Waals surface area contributed by atoms with E-state index in [-0.39, 0.29) is 5.91 Å². The minimum absolute atomic E-state index is 0.177. The standard InChI is InChI=1S/C17H21N3O2S/c1-22-10-9-19-7-8-20(13-14-4-2-6-18-17(14)19)16(21)12-15-5-3-11-23-15/h2-6,11H,7-10,12-13H2,1H3. The van der Waals surface area contributed by atoms with E-state index >= 15 is 0 Å². The molecule has 0 bridgehead atoms. The lowest BCUT2D eigenvalue weighted by atomic mass is 10.2. The normalized spacial score (nSPS) is 14.5. The zero-order valence-corrected chi connectivity index (χ0v) is 14.1. The third kappa shape index (κ3) is 3.89. The molecule has 2 aromatic rings. The fourth-order valence-corrected chi connectivity index (χ4v) is 3.47. The van der Waals surface area contributed by atoms with E-state index in [9.17, 15) is 4.79 Å². The maximum absolute atomic E-state index is 12.6. The number of thiophene rings is 1. The highest BCUT2D eigenvalue weighted by Gasteiger charge is 2.23. The number of hydrogen-bond donors (Lipinski definition) is 0. The summed E-state index contributed by atoms with van der Waals surface area (Å²) >= 11 is 1.63. The molecule has 23 heavy (non-hydrogen) atoms. The van der Waals surface area contributed by atoms with Gasteiger partial charge in [-0.2, -0.15) is 0 Å². The number of nitrogens with zero attached hydrogens (tertiary/aromatic N) is 3. The first-order valence-electron chi connectivity index (χ1n) is 7.76. The molecule has 0 saturated carbocycles. The van der Waals surface area contributed by atoms with Gasteiger partial charge in [-0.1, -0.05) is 12.1 Å². The number of amides is 1. The number of anilines is 1. The third-order valence-electron chi connectivity index (χ3n) is 3.99. The van der Waals surface area contributed by atoms with Gasteiger partial charge >= 0.3 is 0 Å².